The minimum absolute atomic E-state index is 0.485. The maximum absolute atomic E-state index is 5.44. The Labute approximate surface area is 152 Å². The summed E-state index contributed by atoms with van der Waals surface area (Å²) in [5.41, 5.74) is 2.03. The Morgan fingerprint density at radius 1 is 1.28 bits per heavy atom. The van der Waals surface area contributed by atoms with E-state index in [1.165, 1.54) is 11.5 Å². The average Bonchev–Trinajstić information content (AvgIpc) is 3.35. The second-order valence-electron chi connectivity index (χ2n) is 5.28. The third-order valence-corrected chi connectivity index (χ3v) is 5.00. The molecule has 1 aromatic carbocycles. The lowest BCUT2D eigenvalue weighted by molar-refractivity contribution is 0.371. The van der Waals surface area contributed by atoms with Crippen molar-refractivity contribution in [3.63, 3.8) is 0 Å². The van der Waals surface area contributed by atoms with Gasteiger partial charge < -0.3 is 13.8 Å². The van der Waals surface area contributed by atoms with Gasteiger partial charge in [0.15, 0.2) is 0 Å². The van der Waals surface area contributed by atoms with E-state index in [9.17, 15) is 0 Å². The molecule has 0 saturated carbocycles. The number of aromatic nitrogens is 5. The number of fused-ring (bicyclic) bond motifs is 1. The molecule has 9 heteroatoms. The molecule has 0 N–H and O–H groups in total. The molecule has 0 saturated heterocycles. The minimum Gasteiger partial charge on any atom is -0.480 e. The van der Waals surface area contributed by atoms with E-state index >= 15 is 0 Å². The van der Waals surface area contributed by atoms with E-state index in [2.05, 4.69) is 31.4 Å². The summed E-state index contributed by atoms with van der Waals surface area (Å²) in [6, 6.07) is 9.86. The molecular weight excluding hydrogens is 358 g/mol. The van der Waals surface area contributed by atoms with E-state index < -0.39 is 0 Å². The summed E-state index contributed by atoms with van der Waals surface area (Å²) in [4.78, 5) is 10.0. The highest BCUT2D eigenvalue weighted by Gasteiger charge is 2.16. The molecule has 0 bridgehead atoms. The van der Waals surface area contributed by atoms with Crippen LogP contribution >= 0.6 is 23.3 Å². The zero-order valence-electron chi connectivity index (χ0n) is 13.7. The second-order valence-corrected chi connectivity index (χ2v) is 6.95. The molecule has 0 aliphatic rings. The molecule has 0 atom stereocenters. The van der Waals surface area contributed by atoms with Crippen molar-refractivity contribution in [3.05, 3.63) is 42.0 Å². The number of imidazole rings is 1. The van der Waals surface area contributed by atoms with Crippen LogP contribution in [0.5, 0.6) is 5.88 Å². The van der Waals surface area contributed by atoms with Crippen LogP contribution in [0.4, 0.5) is 0 Å². The Hall–Kier alpha value is -2.39. The van der Waals surface area contributed by atoms with Gasteiger partial charge in [-0.2, -0.15) is 21.1 Å². The van der Waals surface area contributed by atoms with Crippen LogP contribution in [-0.2, 0) is 12.3 Å². The van der Waals surface area contributed by atoms with Crippen LogP contribution in [0.2, 0.25) is 0 Å². The third kappa shape index (κ3) is 3.12. The summed E-state index contributed by atoms with van der Waals surface area (Å²) < 4.78 is 16.8. The normalized spacial score (nSPS) is 11.3. The summed E-state index contributed by atoms with van der Waals surface area (Å²) >= 11 is 3.01. The van der Waals surface area contributed by atoms with Crippen molar-refractivity contribution < 1.29 is 9.26 Å². The molecule has 0 aliphatic carbocycles. The lowest BCUT2D eigenvalue weighted by atomic mass is 10.3. The second kappa shape index (κ2) is 6.85. The Balaban J connectivity index is 1.66. The van der Waals surface area contributed by atoms with Crippen molar-refractivity contribution in [2.45, 2.75) is 12.3 Å². The summed E-state index contributed by atoms with van der Waals surface area (Å²) in [5, 5.41) is 4.06. The molecule has 0 spiro atoms. The van der Waals surface area contributed by atoms with Crippen molar-refractivity contribution in [3.8, 4) is 16.6 Å². The predicted molar refractivity (Wildman–Crippen MR) is 98.0 cm³/mol. The van der Waals surface area contributed by atoms with E-state index in [1.807, 2.05) is 18.2 Å². The number of rotatable bonds is 6. The maximum Gasteiger partial charge on any atom is 0.246 e. The van der Waals surface area contributed by atoms with E-state index in [-0.39, 0.29) is 0 Å². The van der Waals surface area contributed by atoms with Gasteiger partial charge in [0.25, 0.3) is 0 Å². The smallest absolute Gasteiger partial charge is 0.246 e. The van der Waals surface area contributed by atoms with E-state index in [0.717, 1.165) is 27.5 Å². The molecule has 0 aliphatic heterocycles. The fraction of sp³-hybridized carbons (Fsp3) is 0.250. The van der Waals surface area contributed by atoms with Crippen molar-refractivity contribution in [2.24, 2.45) is 0 Å². The van der Waals surface area contributed by atoms with Gasteiger partial charge in [0.2, 0.25) is 17.6 Å². The summed E-state index contributed by atoms with van der Waals surface area (Å²) in [6.07, 6.45) is 2.06. The minimum atomic E-state index is 0.485. The van der Waals surface area contributed by atoms with Gasteiger partial charge in [-0.25, -0.2) is 4.98 Å². The first kappa shape index (κ1) is 16.1. The van der Waals surface area contributed by atoms with Gasteiger partial charge >= 0.3 is 0 Å². The zero-order valence-corrected chi connectivity index (χ0v) is 15.3. The lowest BCUT2D eigenvalue weighted by Crippen LogP contribution is -2.04. The number of hydrogen-bond donors (Lipinski definition) is 0. The fourth-order valence-corrected chi connectivity index (χ4v) is 3.67. The largest absolute Gasteiger partial charge is 0.480 e. The van der Waals surface area contributed by atoms with Crippen LogP contribution in [-0.4, -0.2) is 37.4 Å². The topological polar surface area (TPSA) is 78.9 Å². The van der Waals surface area contributed by atoms with Crippen LogP contribution in [0, 0.1) is 0 Å². The van der Waals surface area contributed by atoms with Crippen molar-refractivity contribution in [2.75, 3.05) is 13.4 Å². The Bertz CT molecular complexity index is 1010. The summed E-state index contributed by atoms with van der Waals surface area (Å²) in [5.74, 6) is 3.42. The molecule has 25 heavy (non-hydrogen) atoms. The Kier molecular flexibility index (Phi) is 4.41. The van der Waals surface area contributed by atoms with Gasteiger partial charge in [-0.05, 0) is 29.9 Å². The van der Waals surface area contributed by atoms with Crippen molar-refractivity contribution in [1.82, 2.24) is 24.1 Å². The fourth-order valence-electron chi connectivity index (χ4n) is 2.56. The van der Waals surface area contributed by atoms with E-state index in [4.69, 9.17) is 14.2 Å². The van der Waals surface area contributed by atoms with Gasteiger partial charge in [-0.15, -0.1) is 0 Å². The highest BCUT2D eigenvalue weighted by Crippen LogP contribution is 2.26. The monoisotopic (exact) mass is 373 g/mol. The van der Waals surface area contributed by atoms with Crippen LogP contribution in [0.15, 0.2) is 34.9 Å². The molecule has 4 rings (SSSR count). The highest BCUT2D eigenvalue weighted by molar-refractivity contribution is 7.97. The molecule has 128 valence electrons. The van der Waals surface area contributed by atoms with Gasteiger partial charge in [0.05, 0.1) is 28.8 Å². The first-order valence-electron chi connectivity index (χ1n) is 7.55. The molecule has 0 amide bonds. The van der Waals surface area contributed by atoms with Crippen molar-refractivity contribution in [1.29, 1.82) is 0 Å². The lowest BCUT2D eigenvalue weighted by Gasteiger charge is -2.05. The molecule has 7 nitrogen and oxygen atoms in total. The number of ether oxygens (including phenoxy) is 1. The molecule has 0 radical (unpaired) electrons. The number of methoxy groups -OCH3 is 1. The van der Waals surface area contributed by atoms with E-state index in [0.29, 0.717) is 24.1 Å². The van der Waals surface area contributed by atoms with Crippen LogP contribution in [0.25, 0.3) is 21.7 Å². The number of thioether (sulfide) groups is 1. The number of para-hydroxylation sites is 2. The summed E-state index contributed by atoms with van der Waals surface area (Å²) in [7, 11) is 1.58. The first-order chi connectivity index (χ1) is 12.3. The number of nitrogens with zero attached hydrogens (tertiary/aromatic N) is 5. The maximum atomic E-state index is 5.44. The van der Waals surface area contributed by atoms with Crippen LogP contribution < -0.4 is 4.74 Å². The van der Waals surface area contributed by atoms with Crippen LogP contribution in [0.1, 0.15) is 11.7 Å². The molecule has 0 unspecified atom stereocenters. The van der Waals surface area contributed by atoms with Crippen LogP contribution in [0.3, 0.4) is 0 Å². The molecular formula is C16H15N5O2S2. The average molecular weight is 373 g/mol. The summed E-state index contributed by atoms with van der Waals surface area (Å²) in [6.45, 7) is 0.485. The number of hydrogen-bond acceptors (Lipinski definition) is 8. The zero-order chi connectivity index (χ0) is 17.2. The van der Waals surface area contributed by atoms with Gasteiger partial charge in [0.1, 0.15) is 12.4 Å². The van der Waals surface area contributed by atoms with E-state index in [1.54, 1.807) is 24.9 Å². The molecule has 4 aromatic rings. The highest BCUT2D eigenvalue weighted by atomic mass is 32.2. The SMILES string of the molecule is COc1cc(-c2noc(Cn3c(CSC)nc4ccccc43)n2)sn1. The third-order valence-electron chi connectivity index (χ3n) is 3.69. The van der Waals surface area contributed by atoms with Gasteiger partial charge in [-0.3, -0.25) is 0 Å². The molecule has 0 fully saturated rings. The first-order valence-corrected chi connectivity index (χ1v) is 9.72. The standard InChI is InChI=1S/C16H15N5O2S2/c1-22-14-7-12(25-20-14)16-18-15(23-19-16)8-21-11-6-4-3-5-10(11)17-13(21)9-24-2/h3-7H,8-9H2,1-2H3. The van der Waals surface area contributed by atoms with Crippen molar-refractivity contribution >= 4 is 34.3 Å². The van der Waals surface area contributed by atoms with Gasteiger partial charge in [-0.1, -0.05) is 17.3 Å². The Morgan fingerprint density at radius 2 is 2.16 bits per heavy atom. The molecule has 3 heterocycles. The predicted octanol–water partition coefficient (Wildman–Crippen LogP) is 3.46. The Morgan fingerprint density at radius 3 is 2.96 bits per heavy atom. The van der Waals surface area contributed by atoms with Gasteiger partial charge in [0, 0.05) is 6.07 Å². The number of benzene rings is 1. The quantitative estimate of drug-likeness (QED) is 0.512. The molecule has 3 aromatic heterocycles.